The highest BCUT2D eigenvalue weighted by molar-refractivity contribution is 7.10. The Balaban J connectivity index is 1.47. The van der Waals surface area contributed by atoms with Crippen LogP contribution in [0.15, 0.2) is 60.2 Å². The van der Waals surface area contributed by atoms with E-state index in [0.29, 0.717) is 11.3 Å². The number of benzene rings is 1. The lowest BCUT2D eigenvalue weighted by molar-refractivity contribution is -0.124. The first-order valence-electron chi connectivity index (χ1n) is 9.08. The van der Waals surface area contributed by atoms with Crippen molar-refractivity contribution in [2.24, 2.45) is 0 Å². The molecule has 0 radical (unpaired) electrons. The molecule has 9 heteroatoms. The van der Waals surface area contributed by atoms with Gasteiger partial charge in [0.25, 0.3) is 5.91 Å². The normalized spacial score (nSPS) is 11.9. The second kappa shape index (κ2) is 8.42. The van der Waals surface area contributed by atoms with Crippen molar-refractivity contribution in [3.8, 4) is 0 Å². The Labute approximate surface area is 175 Å². The number of nitrogens with one attached hydrogen (secondary N) is 1. The molecule has 0 aliphatic rings. The SMILES string of the molecule is Cc1nn2cccnc2c1C(=O)OCC(=O)NC(c1ccc(F)cc1)c1cccs1. The number of carbonyl (C=O) groups is 2. The van der Waals surface area contributed by atoms with Crippen LogP contribution in [0.3, 0.4) is 0 Å². The monoisotopic (exact) mass is 424 g/mol. The Kier molecular flexibility index (Phi) is 5.53. The number of aryl methyl sites for hydroxylation is 1. The molecule has 152 valence electrons. The van der Waals surface area contributed by atoms with Crippen molar-refractivity contribution in [3.63, 3.8) is 0 Å². The maximum atomic E-state index is 13.3. The molecule has 4 aromatic rings. The molecule has 0 spiro atoms. The quantitative estimate of drug-likeness (QED) is 0.480. The van der Waals surface area contributed by atoms with E-state index >= 15 is 0 Å². The molecular weight excluding hydrogens is 407 g/mol. The molecule has 1 aromatic carbocycles. The van der Waals surface area contributed by atoms with Gasteiger partial charge in [0, 0.05) is 17.3 Å². The Hall–Kier alpha value is -3.59. The lowest BCUT2D eigenvalue weighted by Gasteiger charge is -2.18. The summed E-state index contributed by atoms with van der Waals surface area (Å²) in [5.74, 6) is -1.51. The average molecular weight is 424 g/mol. The minimum Gasteiger partial charge on any atom is -0.452 e. The van der Waals surface area contributed by atoms with E-state index in [4.69, 9.17) is 4.74 Å². The summed E-state index contributed by atoms with van der Waals surface area (Å²) in [5, 5.41) is 8.94. The first-order valence-corrected chi connectivity index (χ1v) is 9.96. The highest BCUT2D eigenvalue weighted by Crippen LogP contribution is 2.26. The maximum absolute atomic E-state index is 13.3. The van der Waals surface area contributed by atoms with Crippen molar-refractivity contribution in [1.82, 2.24) is 19.9 Å². The third-order valence-corrected chi connectivity index (χ3v) is 5.38. The molecular formula is C21H17FN4O3S. The summed E-state index contributed by atoms with van der Waals surface area (Å²) < 4.78 is 20.0. The third-order valence-electron chi connectivity index (χ3n) is 4.45. The summed E-state index contributed by atoms with van der Waals surface area (Å²) >= 11 is 1.46. The van der Waals surface area contributed by atoms with Crippen molar-refractivity contribution < 1.29 is 18.7 Å². The number of carbonyl (C=O) groups excluding carboxylic acids is 2. The van der Waals surface area contributed by atoms with Crippen molar-refractivity contribution in [1.29, 1.82) is 0 Å². The zero-order chi connectivity index (χ0) is 21.1. The Morgan fingerprint density at radius 3 is 2.77 bits per heavy atom. The molecule has 0 fully saturated rings. The zero-order valence-electron chi connectivity index (χ0n) is 15.9. The molecule has 4 rings (SSSR count). The largest absolute Gasteiger partial charge is 0.452 e. The summed E-state index contributed by atoms with van der Waals surface area (Å²) in [6.07, 6.45) is 3.22. The van der Waals surface area contributed by atoms with Gasteiger partial charge in [-0.15, -0.1) is 11.3 Å². The lowest BCUT2D eigenvalue weighted by atomic mass is 10.1. The number of thiophene rings is 1. The number of ether oxygens (including phenoxy) is 1. The van der Waals surface area contributed by atoms with Gasteiger partial charge in [-0.1, -0.05) is 18.2 Å². The topological polar surface area (TPSA) is 85.6 Å². The van der Waals surface area contributed by atoms with Gasteiger partial charge in [0.15, 0.2) is 12.3 Å². The van der Waals surface area contributed by atoms with Crippen LogP contribution in [-0.2, 0) is 9.53 Å². The van der Waals surface area contributed by atoms with Crippen molar-refractivity contribution in [2.75, 3.05) is 6.61 Å². The van der Waals surface area contributed by atoms with Crippen LogP contribution in [0, 0.1) is 12.7 Å². The van der Waals surface area contributed by atoms with E-state index in [2.05, 4.69) is 15.4 Å². The molecule has 30 heavy (non-hydrogen) atoms. The van der Waals surface area contributed by atoms with Crippen LogP contribution in [0.2, 0.25) is 0 Å². The lowest BCUT2D eigenvalue weighted by Crippen LogP contribution is -2.32. The molecule has 0 saturated heterocycles. The summed E-state index contributed by atoms with van der Waals surface area (Å²) in [4.78, 5) is 30.1. The zero-order valence-corrected chi connectivity index (χ0v) is 16.7. The molecule has 1 unspecified atom stereocenters. The van der Waals surface area contributed by atoms with Gasteiger partial charge in [0.1, 0.15) is 11.4 Å². The van der Waals surface area contributed by atoms with E-state index in [1.54, 1.807) is 37.5 Å². The number of hydrogen-bond donors (Lipinski definition) is 1. The molecule has 3 heterocycles. The standard InChI is InChI=1S/C21H17FN4O3S/c1-13-18(20-23-9-3-10-26(20)25-13)21(28)29-12-17(27)24-19(16-4-2-11-30-16)14-5-7-15(22)8-6-14/h2-11,19H,12H2,1H3,(H,24,27). The summed E-state index contributed by atoms with van der Waals surface area (Å²) in [7, 11) is 0. The van der Waals surface area contributed by atoms with Gasteiger partial charge >= 0.3 is 5.97 Å². The fourth-order valence-electron chi connectivity index (χ4n) is 3.07. The van der Waals surface area contributed by atoms with Crippen LogP contribution < -0.4 is 5.32 Å². The van der Waals surface area contributed by atoms with Gasteiger partial charge in [0.2, 0.25) is 0 Å². The van der Waals surface area contributed by atoms with E-state index in [1.807, 2.05) is 17.5 Å². The van der Waals surface area contributed by atoms with E-state index in [0.717, 1.165) is 10.4 Å². The van der Waals surface area contributed by atoms with Crippen LogP contribution in [-0.4, -0.2) is 33.1 Å². The first-order chi connectivity index (χ1) is 14.5. The number of hydrogen-bond acceptors (Lipinski definition) is 6. The molecule has 0 saturated carbocycles. The minimum absolute atomic E-state index is 0.219. The molecule has 0 bridgehead atoms. The predicted octanol–water partition coefficient (Wildman–Crippen LogP) is 3.30. The van der Waals surface area contributed by atoms with Crippen molar-refractivity contribution in [3.05, 3.63) is 87.8 Å². The van der Waals surface area contributed by atoms with Gasteiger partial charge in [-0.25, -0.2) is 18.7 Å². The summed E-state index contributed by atoms with van der Waals surface area (Å²) in [5.41, 5.74) is 1.77. The fourth-order valence-corrected chi connectivity index (χ4v) is 3.87. The van der Waals surface area contributed by atoms with Gasteiger partial charge in [0.05, 0.1) is 11.7 Å². The fraction of sp³-hybridized carbons (Fsp3) is 0.143. The smallest absolute Gasteiger partial charge is 0.344 e. The number of esters is 1. The number of amides is 1. The number of nitrogens with zero attached hydrogens (tertiary/aromatic N) is 3. The molecule has 0 aliphatic heterocycles. The van der Waals surface area contributed by atoms with Gasteiger partial charge in [-0.2, -0.15) is 5.10 Å². The van der Waals surface area contributed by atoms with Crippen LogP contribution in [0.4, 0.5) is 4.39 Å². The molecule has 0 aliphatic carbocycles. The molecule has 7 nitrogen and oxygen atoms in total. The molecule has 3 aromatic heterocycles. The highest BCUT2D eigenvalue weighted by atomic mass is 32.1. The second-order valence-corrected chi connectivity index (χ2v) is 7.47. The Morgan fingerprint density at radius 2 is 2.03 bits per heavy atom. The van der Waals surface area contributed by atoms with E-state index < -0.39 is 24.5 Å². The molecule has 1 amide bonds. The Morgan fingerprint density at radius 1 is 1.23 bits per heavy atom. The first kappa shape index (κ1) is 19.7. The minimum atomic E-state index is -0.675. The Bertz CT molecular complexity index is 1190. The van der Waals surface area contributed by atoms with Crippen molar-refractivity contribution >= 4 is 28.9 Å². The second-order valence-electron chi connectivity index (χ2n) is 6.49. The number of aromatic nitrogens is 3. The molecule has 1 N–H and O–H groups in total. The van der Waals surface area contributed by atoms with Gasteiger partial charge in [-0.3, -0.25) is 4.79 Å². The average Bonchev–Trinajstić information content (AvgIpc) is 3.38. The van der Waals surface area contributed by atoms with Crippen LogP contribution in [0.1, 0.15) is 32.5 Å². The van der Waals surface area contributed by atoms with Crippen LogP contribution >= 0.6 is 11.3 Å². The van der Waals surface area contributed by atoms with E-state index in [1.165, 1.54) is 28.0 Å². The number of fused-ring (bicyclic) bond motifs is 1. The van der Waals surface area contributed by atoms with Gasteiger partial charge < -0.3 is 10.1 Å². The van der Waals surface area contributed by atoms with Crippen LogP contribution in [0.5, 0.6) is 0 Å². The molecule has 1 atom stereocenters. The van der Waals surface area contributed by atoms with Crippen LogP contribution in [0.25, 0.3) is 5.65 Å². The number of halogens is 1. The maximum Gasteiger partial charge on any atom is 0.344 e. The van der Waals surface area contributed by atoms with E-state index in [-0.39, 0.29) is 11.4 Å². The summed E-state index contributed by atoms with van der Waals surface area (Å²) in [6.45, 7) is 1.21. The third kappa shape index (κ3) is 4.06. The summed E-state index contributed by atoms with van der Waals surface area (Å²) in [6, 6.07) is 10.9. The van der Waals surface area contributed by atoms with Gasteiger partial charge in [-0.05, 0) is 42.1 Å². The van der Waals surface area contributed by atoms with Crippen molar-refractivity contribution in [2.45, 2.75) is 13.0 Å². The highest BCUT2D eigenvalue weighted by Gasteiger charge is 2.22. The number of rotatable bonds is 6. The predicted molar refractivity (Wildman–Crippen MR) is 109 cm³/mol. The van der Waals surface area contributed by atoms with E-state index in [9.17, 15) is 14.0 Å².